The first-order valence-corrected chi connectivity index (χ1v) is 10.1. The standard InChI is InChI=1S/C23H31F3N2O2/c1-6-15(2)12-17(13-28(5)21(25)26)22(4)10-11-23(14-22,20(29)27-30)18-8-7-9-19(24)16(18)3/h7-9,12-13,21,30H,6,10-11,14H2,1-5H3,(H,27,29). The van der Waals surface area contributed by atoms with Crippen molar-refractivity contribution in [3.8, 4) is 0 Å². The molecule has 166 valence electrons. The minimum Gasteiger partial charge on any atom is -0.325 e. The average Bonchev–Trinajstić information content (AvgIpc) is 3.08. The Morgan fingerprint density at radius 1 is 1.37 bits per heavy atom. The first-order chi connectivity index (χ1) is 14.0. The summed E-state index contributed by atoms with van der Waals surface area (Å²) < 4.78 is 40.8. The van der Waals surface area contributed by atoms with Gasteiger partial charge in [-0.15, -0.1) is 0 Å². The van der Waals surface area contributed by atoms with E-state index >= 15 is 0 Å². The van der Waals surface area contributed by atoms with Crippen LogP contribution in [0.4, 0.5) is 13.2 Å². The van der Waals surface area contributed by atoms with Crippen LogP contribution in [0.2, 0.25) is 0 Å². The van der Waals surface area contributed by atoms with Crippen molar-refractivity contribution >= 4 is 5.91 Å². The third kappa shape index (κ3) is 4.56. The van der Waals surface area contributed by atoms with Crippen LogP contribution >= 0.6 is 0 Å². The van der Waals surface area contributed by atoms with Crippen LogP contribution in [0.3, 0.4) is 0 Å². The Morgan fingerprint density at radius 2 is 2.03 bits per heavy atom. The van der Waals surface area contributed by atoms with E-state index in [4.69, 9.17) is 0 Å². The zero-order valence-electron chi connectivity index (χ0n) is 18.2. The van der Waals surface area contributed by atoms with Crippen LogP contribution < -0.4 is 5.48 Å². The molecule has 1 aliphatic carbocycles. The van der Waals surface area contributed by atoms with Crippen LogP contribution in [0.5, 0.6) is 0 Å². The van der Waals surface area contributed by atoms with E-state index in [1.807, 2.05) is 26.8 Å². The van der Waals surface area contributed by atoms with Gasteiger partial charge >= 0.3 is 6.55 Å². The van der Waals surface area contributed by atoms with Crippen molar-refractivity contribution in [2.24, 2.45) is 5.41 Å². The molecule has 2 N–H and O–H groups in total. The van der Waals surface area contributed by atoms with Gasteiger partial charge in [-0.05, 0) is 67.7 Å². The second-order valence-corrected chi connectivity index (χ2v) is 8.54. The molecule has 2 atom stereocenters. The Bertz CT molecular complexity index is 853. The predicted molar refractivity (Wildman–Crippen MR) is 111 cm³/mol. The third-order valence-electron chi connectivity index (χ3n) is 6.42. The van der Waals surface area contributed by atoms with Gasteiger partial charge in [0.1, 0.15) is 5.82 Å². The number of hydrogen-bond donors (Lipinski definition) is 2. The molecule has 0 aliphatic heterocycles. The first-order valence-electron chi connectivity index (χ1n) is 10.1. The monoisotopic (exact) mass is 424 g/mol. The fourth-order valence-corrected chi connectivity index (χ4v) is 4.37. The van der Waals surface area contributed by atoms with Gasteiger partial charge in [-0.1, -0.05) is 37.6 Å². The quantitative estimate of drug-likeness (QED) is 0.264. The smallest absolute Gasteiger partial charge is 0.314 e. The molecule has 1 aromatic rings. The van der Waals surface area contributed by atoms with Gasteiger partial charge < -0.3 is 4.90 Å². The van der Waals surface area contributed by atoms with E-state index in [9.17, 15) is 23.2 Å². The number of alkyl halides is 2. The molecule has 0 spiro atoms. The van der Waals surface area contributed by atoms with Crippen molar-refractivity contribution in [3.63, 3.8) is 0 Å². The Kier molecular flexibility index (Phi) is 7.40. The van der Waals surface area contributed by atoms with Crippen LogP contribution in [0.15, 0.2) is 41.6 Å². The average molecular weight is 425 g/mol. The molecule has 7 heteroatoms. The van der Waals surface area contributed by atoms with Gasteiger partial charge in [0.15, 0.2) is 0 Å². The molecular weight excluding hydrogens is 393 g/mol. The van der Waals surface area contributed by atoms with Gasteiger partial charge in [-0.2, -0.15) is 8.78 Å². The molecule has 2 rings (SSSR count). The summed E-state index contributed by atoms with van der Waals surface area (Å²) in [4.78, 5) is 13.7. The van der Waals surface area contributed by atoms with E-state index in [1.165, 1.54) is 19.3 Å². The summed E-state index contributed by atoms with van der Waals surface area (Å²) in [5.74, 6) is -1.04. The Balaban J connectivity index is 2.61. The lowest BCUT2D eigenvalue weighted by molar-refractivity contribution is -0.135. The Morgan fingerprint density at radius 3 is 2.60 bits per heavy atom. The highest BCUT2D eigenvalue weighted by Crippen LogP contribution is 2.55. The van der Waals surface area contributed by atoms with E-state index < -0.39 is 29.1 Å². The molecule has 1 fully saturated rings. The van der Waals surface area contributed by atoms with E-state index in [2.05, 4.69) is 0 Å². The molecule has 0 bridgehead atoms. The number of hydrogen-bond acceptors (Lipinski definition) is 3. The molecule has 4 nitrogen and oxygen atoms in total. The summed E-state index contributed by atoms with van der Waals surface area (Å²) >= 11 is 0. The number of benzene rings is 1. The van der Waals surface area contributed by atoms with Gasteiger partial charge in [0.25, 0.3) is 5.91 Å². The van der Waals surface area contributed by atoms with E-state index in [-0.39, 0.29) is 6.42 Å². The van der Waals surface area contributed by atoms with Crippen molar-refractivity contribution in [3.05, 3.63) is 58.6 Å². The molecule has 0 heterocycles. The van der Waals surface area contributed by atoms with Crippen LogP contribution in [0, 0.1) is 18.2 Å². The van der Waals surface area contributed by atoms with Crippen LogP contribution in [0.1, 0.15) is 57.6 Å². The zero-order chi connectivity index (χ0) is 22.7. The number of carbonyl (C=O) groups excluding carboxylic acids is 1. The Hall–Kier alpha value is -2.28. The SMILES string of the molecule is CCC(C)=CC(=CN(C)C(F)F)C1(C)CCC(C(=O)NO)(c2cccc(F)c2C)C1. The second-order valence-electron chi connectivity index (χ2n) is 8.54. The van der Waals surface area contributed by atoms with Crippen molar-refractivity contribution < 1.29 is 23.2 Å². The minimum absolute atomic E-state index is 0.257. The lowest BCUT2D eigenvalue weighted by atomic mass is 9.71. The summed E-state index contributed by atoms with van der Waals surface area (Å²) in [6.45, 7) is 4.79. The number of carbonyl (C=O) groups is 1. The molecule has 1 aliphatic rings. The highest BCUT2D eigenvalue weighted by molar-refractivity contribution is 5.88. The summed E-state index contributed by atoms with van der Waals surface area (Å²) in [5.41, 5.74) is 2.54. The fourth-order valence-electron chi connectivity index (χ4n) is 4.37. The van der Waals surface area contributed by atoms with Gasteiger partial charge in [-0.25, -0.2) is 9.87 Å². The largest absolute Gasteiger partial charge is 0.325 e. The molecule has 1 saturated carbocycles. The molecule has 2 unspecified atom stereocenters. The first kappa shape index (κ1) is 24.0. The number of hydroxylamine groups is 1. The topological polar surface area (TPSA) is 52.6 Å². The van der Waals surface area contributed by atoms with Gasteiger partial charge in [0.05, 0.1) is 5.41 Å². The van der Waals surface area contributed by atoms with E-state index in [0.29, 0.717) is 29.5 Å². The lowest BCUT2D eigenvalue weighted by Crippen LogP contribution is -2.43. The Labute approximate surface area is 176 Å². The van der Waals surface area contributed by atoms with Crippen molar-refractivity contribution in [2.75, 3.05) is 7.05 Å². The second kappa shape index (κ2) is 9.25. The van der Waals surface area contributed by atoms with Crippen LogP contribution in [-0.4, -0.2) is 29.6 Å². The van der Waals surface area contributed by atoms with E-state index in [0.717, 1.165) is 16.9 Å². The maximum Gasteiger partial charge on any atom is 0.314 e. The van der Waals surface area contributed by atoms with Crippen molar-refractivity contribution in [1.82, 2.24) is 10.4 Å². The molecule has 0 aromatic heterocycles. The van der Waals surface area contributed by atoms with Gasteiger partial charge in [0, 0.05) is 13.2 Å². The molecule has 0 saturated heterocycles. The molecular formula is C23H31F3N2O2. The van der Waals surface area contributed by atoms with Crippen molar-refractivity contribution in [1.29, 1.82) is 0 Å². The number of nitrogens with zero attached hydrogens (tertiary/aromatic N) is 1. The van der Waals surface area contributed by atoms with Crippen molar-refractivity contribution in [2.45, 2.75) is 65.3 Å². The summed E-state index contributed by atoms with van der Waals surface area (Å²) in [5, 5.41) is 9.47. The third-order valence-corrected chi connectivity index (χ3v) is 6.42. The summed E-state index contributed by atoms with van der Waals surface area (Å²) in [6, 6.07) is 4.57. The lowest BCUT2D eigenvalue weighted by Gasteiger charge is -2.33. The number of amides is 1. The predicted octanol–water partition coefficient (Wildman–Crippen LogP) is 5.46. The number of allylic oxidation sites excluding steroid dienone is 3. The van der Waals surface area contributed by atoms with Crippen LogP contribution in [0.25, 0.3) is 0 Å². The summed E-state index contributed by atoms with van der Waals surface area (Å²) in [7, 11) is 1.31. The van der Waals surface area contributed by atoms with E-state index in [1.54, 1.807) is 24.5 Å². The molecule has 1 amide bonds. The fraction of sp³-hybridized carbons (Fsp3) is 0.522. The zero-order valence-corrected chi connectivity index (χ0v) is 18.2. The minimum atomic E-state index is -2.66. The molecule has 1 aromatic carbocycles. The highest BCUT2D eigenvalue weighted by atomic mass is 19.3. The van der Waals surface area contributed by atoms with Gasteiger partial charge in [-0.3, -0.25) is 10.0 Å². The number of nitrogens with one attached hydrogen (secondary N) is 1. The highest BCUT2D eigenvalue weighted by Gasteiger charge is 2.53. The van der Waals surface area contributed by atoms with Gasteiger partial charge in [0.2, 0.25) is 0 Å². The normalized spacial score (nSPS) is 25.0. The molecule has 0 radical (unpaired) electrons. The number of halogens is 3. The number of rotatable bonds is 7. The molecule has 30 heavy (non-hydrogen) atoms. The maximum absolute atomic E-state index is 14.3. The van der Waals surface area contributed by atoms with Crippen LogP contribution in [-0.2, 0) is 10.2 Å². The summed E-state index contributed by atoms with van der Waals surface area (Å²) in [6.07, 6.45) is 5.21. The maximum atomic E-state index is 14.3.